The molecule has 1 amide bonds. The molecule has 3 nitrogen and oxygen atoms in total. The summed E-state index contributed by atoms with van der Waals surface area (Å²) in [4.78, 5) is 12.2. The molecule has 0 aliphatic rings. The summed E-state index contributed by atoms with van der Waals surface area (Å²) in [7, 11) is 0. The van der Waals surface area contributed by atoms with Crippen LogP contribution in [0.2, 0.25) is 0 Å². The number of halogens is 1. The summed E-state index contributed by atoms with van der Waals surface area (Å²) >= 11 is 2.13. The molecule has 2 aromatic rings. The van der Waals surface area contributed by atoms with E-state index >= 15 is 0 Å². The number of hydrogen-bond donors (Lipinski definition) is 2. The topological polar surface area (TPSA) is 49.3 Å². The second kappa shape index (κ2) is 6.85. The number of hydrogen-bond acceptors (Lipinski definition) is 2. The van der Waals surface area contributed by atoms with Crippen LogP contribution < -0.4 is 5.32 Å². The predicted molar refractivity (Wildman–Crippen MR) is 87.5 cm³/mol. The minimum Gasteiger partial charge on any atom is -0.386 e. The zero-order valence-corrected chi connectivity index (χ0v) is 13.2. The fourth-order valence-electron chi connectivity index (χ4n) is 1.95. The Morgan fingerprint density at radius 1 is 1.10 bits per heavy atom. The second-order valence-corrected chi connectivity index (χ2v) is 5.76. The highest BCUT2D eigenvalue weighted by atomic mass is 127. The molecule has 4 heteroatoms. The molecule has 0 aromatic heterocycles. The first-order valence-corrected chi connectivity index (χ1v) is 7.46. The highest BCUT2D eigenvalue weighted by Gasteiger charge is 2.19. The minimum atomic E-state index is -0.721. The molecule has 0 aliphatic carbocycles. The fraction of sp³-hybridized carbons (Fsp3) is 0.188. The Morgan fingerprint density at radius 2 is 1.70 bits per heavy atom. The Labute approximate surface area is 132 Å². The van der Waals surface area contributed by atoms with Crippen molar-refractivity contribution in [2.45, 2.75) is 19.1 Å². The number of aliphatic hydroxyl groups excluding tert-OH is 1. The number of benzene rings is 2. The van der Waals surface area contributed by atoms with Crippen LogP contribution >= 0.6 is 22.6 Å². The number of nitrogens with one attached hydrogen (secondary N) is 1. The maximum Gasteiger partial charge on any atom is 0.252 e. The molecule has 0 saturated carbocycles. The zero-order chi connectivity index (χ0) is 14.5. The molecule has 2 N–H and O–H groups in total. The molecule has 0 bridgehead atoms. The second-order valence-electron chi connectivity index (χ2n) is 4.60. The van der Waals surface area contributed by atoms with E-state index in [9.17, 15) is 9.90 Å². The van der Waals surface area contributed by atoms with Gasteiger partial charge in [0.05, 0.1) is 17.7 Å². The van der Waals surface area contributed by atoms with Gasteiger partial charge in [-0.25, -0.2) is 0 Å². The number of amides is 1. The van der Waals surface area contributed by atoms with Crippen LogP contribution in [0.15, 0.2) is 54.6 Å². The van der Waals surface area contributed by atoms with Gasteiger partial charge in [0.2, 0.25) is 0 Å². The third-order valence-corrected chi connectivity index (χ3v) is 4.03. The first-order valence-electron chi connectivity index (χ1n) is 6.38. The number of carbonyl (C=O) groups is 1. The summed E-state index contributed by atoms with van der Waals surface area (Å²) in [6.45, 7) is 1.80. The van der Waals surface area contributed by atoms with E-state index in [1.54, 1.807) is 13.0 Å². The lowest BCUT2D eigenvalue weighted by Gasteiger charge is -2.21. The van der Waals surface area contributed by atoms with Crippen molar-refractivity contribution in [2.24, 2.45) is 0 Å². The average molecular weight is 381 g/mol. The van der Waals surface area contributed by atoms with Crippen LogP contribution in [0.25, 0.3) is 0 Å². The monoisotopic (exact) mass is 381 g/mol. The highest BCUT2D eigenvalue weighted by Crippen LogP contribution is 2.17. The molecule has 20 heavy (non-hydrogen) atoms. The van der Waals surface area contributed by atoms with Crippen molar-refractivity contribution in [3.63, 3.8) is 0 Å². The van der Waals surface area contributed by atoms with Gasteiger partial charge in [-0.1, -0.05) is 42.5 Å². The van der Waals surface area contributed by atoms with E-state index in [2.05, 4.69) is 27.9 Å². The van der Waals surface area contributed by atoms with Crippen LogP contribution in [0.3, 0.4) is 0 Å². The minimum absolute atomic E-state index is 0.169. The summed E-state index contributed by atoms with van der Waals surface area (Å²) in [5.74, 6) is -0.169. The highest BCUT2D eigenvalue weighted by molar-refractivity contribution is 14.1. The predicted octanol–water partition coefficient (Wildman–Crippen LogP) is 3.14. The molecule has 0 aliphatic heterocycles. The molecule has 2 aromatic carbocycles. The molecule has 0 saturated heterocycles. The smallest absolute Gasteiger partial charge is 0.252 e. The number of aliphatic hydroxyl groups is 1. The maximum atomic E-state index is 12.2. The molecule has 0 fully saturated rings. The van der Waals surface area contributed by atoms with E-state index in [1.807, 2.05) is 48.5 Å². The zero-order valence-electron chi connectivity index (χ0n) is 11.1. The van der Waals surface area contributed by atoms with Crippen molar-refractivity contribution >= 4 is 28.5 Å². The van der Waals surface area contributed by atoms with Crippen molar-refractivity contribution in [3.05, 3.63) is 69.3 Å². The van der Waals surface area contributed by atoms with Crippen molar-refractivity contribution < 1.29 is 9.90 Å². The lowest BCUT2D eigenvalue weighted by Crippen LogP contribution is -2.37. The van der Waals surface area contributed by atoms with E-state index in [-0.39, 0.29) is 11.9 Å². The van der Waals surface area contributed by atoms with Crippen LogP contribution in [0.4, 0.5) is 0 Å². The molecule has 0 radical (unpaired) electrons. The first kappa shape index (κ1) is 15.0. The third kappa shape index (κ3) is 3.58. The largest absolute Gasteiger partial charge is 0.386 e. The Hall–Kier alpha value is -1.40. The van der Waals surface area contributed by atoms with Gasteiger partial charge in [0, 0.05) is 3.57 Å². The van der Waals surface area contributed by atoms with Crippen molar-refractivity contribution in [1.82, 2.24) is 5.32 Å². The van der Waals surface area contributed by atoms with Gasteiger partial charge in [-0.3, -0.25) is 4.79 Å². The normalized spacial score (nSPS) is 13.6. The standard InChI is InChI=1S/C16H16INO2/c1-11(15(19)12-7-3-2-4-8-12)18-16(20)13-9-5-6-10-14(13)17/h2-11,15,19H,1H3,(H,18,20). The number of rotatable bonds is 4. The summed E-state index contributed by atoms with van der Waals surface area (Å²) in [6.07, 6.45) is -0.721. The molecule has 2 unspecified atom stereocenters. The lowest BCUT2D eigenvalue weighted by atomic mass is 10.0. The van der Waals surface area contributed by atoms with E-state index in [0.717, 1.165) is 9.13 Å². The van der Waals surface area contributed by atoms with E-state index in [4.69, 9.17) is 0 Å². The first-order chi connectivity index (χ1) is 9.59. The van der Waals surface area contributed by atoms with Gasteiger partial charge < -0.3 is 10.4 Å². The third-order valence-electron chi connectivity index (χ3n) is 3.09. The Balaban J connectivity index is 2.07. The SMILES string of the molecule is CC(NC(=O)c1ccccc1I)C(O)c1ccccc1. The summed E-state index contributed by atoms with van der Waals surface area (Å²) in [5.41, 5.74) is 1.42. The molecule has 0 spiro atoms. The van der Waals surface area contributed by atoms with Crippen LogP contribution in [-0.2, 0) is 0 Å². The maximum absolute atomic E-state index is 12.2. The van der Waals surface area contributed by atoms with Crippen LogP contribution in [0.5, 0.6) is 0 Å². The molecule has 2 atom stereocenters. The van der Waals surface area contributed by atoms with E-state index < -0.39 is 6.10 Å². The van der Waals surface area contributed by atoms with E-state index in [1.165, 1.54) is 0 Å². The Kier molecular flexibility index (Phi) is 5.14. The summed E-state index contributed by atoms with van der Waals surface area (Å²) < 4.78 is 0.893. The van der Waals surface area contributed by atoms with Gasteiger partial charge in [0.25, 0.3) is 5.91 Å². The molecular weight excluding hydrogens is 365 g/mol. The molecule has 104 valence electrons. The van der Waals surface area contributed by atoms with Gasteiger partial charge in [-0.2, -0.15) is 0 Å². The van der Waals surface area contributed by atoms with Crippen LogP contribution in [0, 0.1) is 3.57 Å². The van der Waals surface area contributed by atoms with Crippen molar-refractivity contribution in [3.8, 4) is 0 Å². The Bertz CT molecular complexity index is 586. The van der Waals surface area contributed by atoms with Crippen molar-refractivity contribution in [2.75, 3.05) is 0 Å². The average Bonchev–Trinajstić information content (AvgIpc) is 2.47. The van der Waals surface area contributed by atoms with Crippen LogP contribution in [-0.4, -0.2) is 17.1 Å². The van der Waals surface area contributed by atoms with Crippen molar-refractivity contribution in [1.29, 1.82) is 0 Å². The summed E-state index contributed by atoms with van der Waals surface area (Å²) in [5, 5.41) is 13.1. The van der Waals surface area contributed by atoms with Gasteiger partial charge in [-0.05, 0) is 47.2 Å². The van der Waals surface area contributed by atoms with Gasteiger partial charge in [0.15, 0.2) is 0 Å². The fourth-order valence-corrected chi connectivity index (χ4v) is 2.58. The van der Waals surface area contributed by atoms with Crippen LogP contribution in [0.1, 0.15) is 28.9 Å². The van der Waals surface area contributed by atoms with E-state index in [0.29, 0.717) is 5.56 Å². The summed E-state index contributed by atoms with van der Waals surface area (Å²) in [6, 6.07) is 16.3. The number of carbonyl (C=O) groups excluding carboxylic acids is 1. The van der Waals surface area contributed by atoms with Gasteiger partial charge >= 0.3 is 0 Å². The van der Waals surface area contributed by atoms with Gasteiger partial charge in [0.1, 0.15) is 0 Å². The van der Waals surface area contributed by atoms with Gasteiger partial charge in [-0.15, -0.1) is 0 Å². The molecule has 2 rings (SSSR count). The lowest BCUT2D eigenvalue weighted by molar-refractivity contribution is 0.0851. The molecular formula is C16H16INO2. The Morgan fingerprint density at radius 3 is 2.35 bits per heavy atom. The quantitative estimate of drug-likeness (QED) is 0.800. The molecule has 0 heterocycles.